The van der Waals surface area contributed by atoms with Crippen molar-refractivity contribution in [1.82, 2.24) is 0 Å². The third kappa shape index (κ3) is 3.68. The second-order valence-corrected chi connectivity index (χ2v) is 9.01. The van der Waals surface area contributed by atoms with Crippen LogP contribution in [0.1, 0.15) is 5.56 Å². The fourth-order valence-corrected chi connectivity index (χ4v) is 6.29. The molecule has 3 aromatic rings. The average Bonchev–Trinajstić information content (AvgIpc) is 2.69. The van der Waals surface area contributed by atoms with Crippen LogP contribution in [0.2, 0.25) is 0 Å². The van der Waals surface area contributed by atoms with E-state index in [1.807, 2.05) is 0 Å². The van der Waals surface area contributed by atoms with Gasteiger partial charge in [-0.05, 0) is 31.8 Å². The monoisotopic (exact) mass is 470 g/mol. The average molecular weight is 470 g/mol. The van der Waals surface area contributed by atoms with Crippen molar-refractivity contribution in [3.63, 3.8) is 0 Å². The summed E-state index contributed by atoms with van der Waals surface area (Å²) in [6.45, 7) is 0.869. The Balaban J connectivity index is 2.60. The zero-order valence-electron chi connectivity index (χ0n) is 15.0. The first-order chi connectivity index (χ1) is 14.4. The molecule has 0 amide bonds. The van der Waals surface area contributed by atoms with Gasteiger partial charge in [0.15, 0.2) is 29.1 Å². The molecule has 0 atom stereocenters. The number of rotatable bonds is 3. The van der Waals surface area contributed by atoms with Gasteiger partial charge < -0.3 is 0 Å². The maximum Gasteiger partial charge on any atom is 0.412 e. The summed E-state index contributed by atoms with van der Waals surface area (Å²) in [5.74, 6) is -23.6. The van der Waals surface area contributed by atoms with Crippen LogP contribution < -0.4 is 13.3 Å². The van der Waals surface area contributed by atoms with Crippen LogP contribution in [0.25, 0.3) is 0 Å². The summed E-state index contributed by atoms with van der Waals surface area (Å²) in [6, 6.07) is -0.327. The van der Waals surface area contributed by atoms with Crippen molar-refractivity contribution in [3.05, 3.63) is 87.8 Å². The van der Waals surface area contributed by atoms with Crippen LogP contribution >= 0.6 is 0 Å². The Kier molecular flexibility index (Phi) is 6.08. The van der Waals surface area contributed by atoms with Gasteiger partial charge in [-0.15, -0.1) is 0 Å². The SMILES string of the molecule is Cc1cc(F)[c]([Al]([c]2c(F)c(F)cc(F)c2F)[c]2c(F)c(F)cc(F)c2F)c(F)c1F. The molecule has 12 heteroatoms. The summed E-state index contributed by atoms with van der Waals surface area (Å²) in [5, 5.41) is 0. The highest BCUT2D eigenvalue weighted by Gasteiger charge is 2.44. The minimum Gasteiger partial charge on any atom is -0.208 e. The molecular weight excluding hydrogens is 464 g/mol. The number of aryl methyl sites for hydroxylation is 1. The fraction of sp³-hybridized carbons (Fsp3) is 0.0526. The van der Waals surface area contributed by atoms with E-state index in [2.05, 4.69) is 0 Å². The highest BCUT2D eigenvalue weighted by molar-refractivity contribution is 6.95. The molecule has 0 unspecified atom stereocenters. The molecule has 0 aliphatic heterocycles. The molecule has 31 heavy (non-hydrogen) atoms. The van der Waals surface area contributed by atoms with E-state index >= 15 is 0 Å². The maximum absolute atomic E-state index is 14.6. The van der Waals surface area contributed by atoms with E-state index in [0.29, 0.717) is 0 Å². The second-order valence-electron chi connectivity index (χ2n) is 6.41. The van der Waals surface area contributed by atoms with E-state index in [1.165, 1.54) is 0 Å². The van der Waals surface area contributed by atoms with Crippen molar-refractivity contribution in [1.29, 1.82) is 0 Å². The molecule has 0 radical (unpaired) electrons. The van der Waals surface area contributed by atoms with E-state index in [1.54, 1.807) is 0 Å². The van der Waals surface area contributed by atoms with Gasteiger partial charge >= 0.3 is 14.1 Å². The van der Waals surface area contributed by atoms with Crippen LogP contribution in [-0.4, -0.2) is 14.1 Å². The van der Waals surface area contributed by atoms with Gasteiger partial charge in [-0.3, -0.25) is 0 Å². The minimum absolute atomic E-state index is 0.282. The predicted molar refractivity (Wildman–Crippen MR) is 88.3 cm³/mol. The van der Waals surface area contributed by atoms with Gasteiger partial charge in [0, 0.05) is 12.1 Å². The van der Waals surface area contributed by atoms with Crippen molar-refractivity contribution < 1.29 is 48.3 Å². The summed E-state index contributed by atoms with van der Waals surface area (Å²) in [4.78, 5) is 0. The van der Waals surface area contributed by atoms with Crippen molar-refractivity contribution in [2.24, 2.45) is 0 Å². The van der Waals surface area contributed by atoms with Crippen LogP contribution in [0, 0.1) is 70.9 Å². The van der Waals surface area contributed by atoms with Crippen LogP contribution in [-0.2, 0) is 0 Å². The van der Waals surface area contributed by atoms with Gasteiger partial charge in [-0.25, -0.2) is 48.3 Å². The van der Waals surface area contributed by atoms with E-state index < -0.39 is 97.0 Å². The van der Waals surface area contributed by atoms with Gasteiger partial charge in [0.2, 0.25) is 0 Å². The van der Waals surface area contributed by atoms with E-state index in [0.717, 1.165) is 6.92 Å². The Hall–Kier alpha value is -2.58. The third-order valence-corrected chi connectivity index (χ3v) is 7.81. The predicted octanol–water partition coefficient (Wildman–Crippen LogP) is 4.04. The highest BCUT2D eigenvalue weighted by Crippen LogP contribution is 2.19. The third-order valence-electron chi connectivity index (χ3n) is 4.53. The molecule has 0 nitrogen and oxygen atoms in total. The summed E-state index contributed by atoms with van der Waals surface area (Å²) < 4.78 is 151. The van der Waals surface area contributed by atoms with Crippen molar-refractivity contribution >= 4 is 27.4 Å². The molecular formula is C19H6AlF11. The Bertz CT molecular complexity index is 1110. The van der Waals surface area contributed by atoms with E-state index in [4.69, 9.17) is 0 Å². The maximum atomic E-state index is 14.6. The molecule has 0 saturated carbocycles. The van der Waals surface area contributed by atoms with Crippen molar-refractivity contribution in [2.45, 2.75) is 6.92 Å². The lowest BCUT2D eigenvalue weighted by atomic mass is 10.2. The zero-order valence-corrected chi connectivity index (χ0v) is 16.1. The van der Waals surface area contributed by atoms with Gasteiger partial charge in [0.1, 0.15) is 34.9 Å². The second kappa shape index (κ2) is 8.17. The smallest absolute Gasteiger partial charge is 0.208 e. The van der Waals surface area contributed by atoms with Crippen LogP contribution in [0.5, 0.6) is 0 Å². The molecule has 3 aromatic carbocycles. The summed E-state index contributed by atoms with van der Waals surface area (Å²) in [5.41, 5.74) is -0.677. The van der Waals surface area contributed by atoms with Crippen molar-refractivity contribution in [3.8, 4) is 0 Å². The Morgan fingerprint density at radius 1 is 0.419 bits per heavy atom. The molecule has 0 saturated heterocycles. The molecule has 0 aliphatic rings. The van der Waals surface area contributed by atoms with Crippen molar-refractivity contribution in [2.75, 3.05) is 0 Å². The summed E-state index contributed by atoms with van der Waals surface area (Å²) in [6.07, 6.45) is 0. The fourth-order valence-electron chi connectivity index (χ4n) is 3.12. The normalized spacial score (nSPS) is 11.2. The number of halogens is 11. The van der Waals surface area contributed by atoms with Gasteiger partial charge in [0.05, 0.1) is 0 Å². The molecule has 0 aromatic heterocycles. The number of benzene rings is 3. The van der Waals surface area contributed by atoms with Gasteiger partial charge in [-0.1, -0.05) is 0 Å². The topological polar surface area (TPSA) is 0 Å². The lowest BCUT2D eigenvalue weighted by Crippen LogP contribution is -2.60. The molecule has 0 bridgehead atoms. The van der Waals surface area contributed by atoms with E-state index in [-0.39, 0.29) is 18.2 Å². The number of hydrogen-bond acceptors (Lipinski definition) is 0. The first-order valence-corrected chi connectivity index (χ1v) is 9.91. The molecule has 0 fully saturated rings. The molecule has 0 heterocycles. The molecule has 0 aliphatic carbocycles. The number of hydrogen-bond donors (Lipinski definition) is 0. The molecule has 3 rings (SSSR count). The molecule has 0 spiro atoms. The van der Waals surface area contributed by atoms with Gasteiger partial charge in [-0.2, -0.15) is 0 Å². The Morgan fingerprint density at radius 3 is 1.13 bits per heavy atom. The minimum atomic E-state index is -5.16. The molecule has 162 valence electrons. The van der Waals surface area contributed by atoms with Crippen LogP contribution in [0.3, 0.4) is 0 Å². The molecule has 0 N–H and O–H groups in total. The van der Waals surface area contributed by atoms with E-state index in [9.17, 15) is 48.3 Å². The quantitative estimate of drug-likeness (QED) is 0.308. The van der Waals surface area contributed by atoms with Crippen LogP contribution in [0.15, 0.2) is 18.2 Å². The lowest BCUT2D eigenvalue weighted by molar-refractivity contribution is 0.459. The lowest BCUT2D eigenvalue weighted by Gasteiger charge is -2.20. The van der Waals surface area contributed by atoms with Crippen LogP contribution in [0.4, 0.5) is 48.3 Å². The first kappa shape index (κ1) is 23.1. The summed E-state index contributed by atoms with van der Waals surface area (Å²) in [7, 11) is 0. The Labute approximate surface area is 170 Å². The van der Waals surface area contributed by atoms with Gasteiger partial charge in [0.25, 0.3) is 0 Å². The highest BCUT2D eigenvalue weighted by atomic mass is 27.2. The first-order valence-electron chi connectivity index (χ1n) is 8.18. The largest absolute Gasteiger partial charge is 0.412 e. The Morgan fingerprint density at radius 2 is 0.774 bits per heavy atom. The summed E-state index contributed by atoms with van der Waals surface area (Å²) >= 11 is -5.16. The standard InChI is InChI=1S/C7H4F3.2C6HF4.Al/c1-4-2-5(8)3-6(9)7(4)10;2*7-3-1-4(8)6(10)2-5(3)9;/h2H,1H3;2*1H;. The zero-order chi connectivity index (χ0) is 23.4.